The molecule has 2 fully saturated rings. The van der Waals surface area contributed by atoms with Crippen LogP contribution in [0.25, 0.3) is 0 Å². The molecule has 1 aliphatic carbocycles. The predicted octanol–water partition coefficient (Wildman–Crippen LogP) is 1.64. The molecule has 1 saturated carbocycles. The van der Waals surface area contributed by atoms with E-state index in [1.807, 2.05) is 22.7 Å². The Kier molecular flexibility index (Phi) is 5.75. The topological polar surface area (TPSA) is 72.1 Å². The molecule has 0 bridgehead atoms. The molecule has 4 rings (SSSR count). The van der Waals surface area contributed by atoms with E-state index in [1.54, 1.807) is 12.5 Å². The van der Waals surface area contributed by atoms with E-state index in [4.69, 9.17) is 0 Å². The van der Waals surface area contributed by atoms with Crippen LogP contribution in [0, 0.1) is 0 Å². The first-order valence-electron chi connectivity index (χ1n) is 10.4. The smallest absolute Gasteiger partial charge is 0.236 e. The second-order valence-corrected chi connectivity index (χ2v) is 8.30. The van der Waals surface area contributed by atoms with Crippen molar-refractivity contribution in [2.24, 2.45) is 7.05 Å². The Labute approximate surface area is 166 Å². The molecule has 1 saturated heterocycles. The number of likely N-dealkylation sites (N-methyl/N-ethyl adjacent to an activating group) is 1. The van der Waals surface area contributed by atoms with Gasteiger partial charge in [-0.1, -0.05) is 12.8 Å². The highest BCUT2D eigenvalue weighted by Gasteiger charge is 2.30. The van der Waals surface area contributed by atoms with Gasteiger partial charge in [0.1, 0.15) is 5.82 Å². The standard InChI is InChI=1S/C20H31N7O/c1-24(17-7-3-4-8-17)14-19(28)27-10-5-6-16(12-27)20-23-22-18(25(20)2)13-26-11-9-21-15-26/h9,11,15-17H,3-8,10,12-14H2,1-2H3. The number of hydrogen-bond donors (Lipinski definition) is 0. The molecule has 2 aromatic heterocycles. The van der Waals surface area contributed by atoms with Gasteiger partial charge in [-0.2, -0.15) is 0 Å². The van der Waals surface area contributed by atoms with Crippen molar-refractivity contribution >= 4 is 5.91 Å². The minimum atomic E-state index is 0.250. The maximum atomic E-state index is 12.9. The van der Waals surface area contributed by atoms with Crippen LogP contribution in [0.4, 0.5) is 0 Å². The molecule has 3 heterocycles. The van der Waals surface area contributed by atoms with Crippen molar-refractivity contribution in [2.45, 2.75) is 57.0 Å². The predicted molar refractivity (Wildman–Crippen MR) is 106 cm³/mol. The van der Waals surface area contributed by atoms with E-state index in [0.717, 1.165) is 37.6 Å². The lowest BCUT2D eigenvalue weighted by Crippen LogP contribution is -2.45. The number of imidazole rings is 1. The van der Waals surface area contributed by atoms with Gasteiger partial charge in [0.25, 0.3) is 0 Å². The van der Waals surface area contributed by atoms with Crippen LogP contribution < -0.4 is 0 Å². The zero-order valence-electron chi connectivity index (χ0n) is 17.0. The summed E-state index contributed by atoms with van der Waals surface area (Å²) in [5, 5.41) is 8.86. The highest BCUT2D eigenvalue weighted by molar-refractivity contribution is 5.78. The molecular formula is C20H31N7O. The van der Waals surface area contributed by atoms with E-state index in [9.17, 15) is 4.79 Å². The molecule has 2 aromatic rings. The molecule has 1 aliphatic heterocycles. The first-order valence-corrected chi connectivity index (χ1v) is 10.4. The Morgan fingerprint density at radius 3 is 2.79 bits per heavy atom. The largest absolute Gasteiger partial charge is 0.341 e. The van der Waals surface area contributed by atoms with Gasteiger partial charge in [-0.15, -0.1) is 10.2 Å². The van der Waals surface area contributed by atoms with Gasteiger partial charge in [0.2, 0.25) is 5.91 Å². The van der Waals surface area contributed by atoms with E-state index in [0.29, 0.717) is 19.1 Å². The van der Waals surface area contributed by atoms with Crippen LogP contribution in [0.3, 0.4) is 0 Å². The van der Waals surface area contributed by atoms with Crippen molar-refractivity contribution in [2.75, 3.05) is 26.7 Å². The van der Waals surface area contributed by atoms with Crippen LogP contribution in [0.5, 0.6) is 0 Å². The summed E-state index contributed by atoms with van der Waals surface area (Å²) in [7, 11) is 4.12. The number of rotatable bonds is 6. The van der Waals surface area contributed by atoms with Crippen LogP contribution in [0.1, 0.15) is 56.1 Å². The minimum absolute atomic E-state index is 0.250. The molecule has 0 spiro atoms. The highest BCUT2D eigenvalue weighted by atomic mass is 16.2. The zero-order chi connectivity index (χ0) is 19.5. The minimum Gasteiger partial charge on any atom is -0.341 e. The van der Waals surface area contributed by atoms with Crippen LogP contribution in [-0.2, 0) is 18.4 Å². The van der Waals surface area contributed by atoms with Crippen molar-refractivity contribution in [1.29, 1.82) is 0 Å². The monoisotopic (exact) mass is 385 g/mol. The summed E-state index contributed by atoms with van der Waals surface area (Å²) >= 11 is 0. The second kappa shape index (κ2) is 8.43. The first kappa shape index (κ1) is 19.1. The highest BCUT2D eigenvalue weighted by Crippen LogP contribution is 2.27. The van der Waals surface area contributed by atoms with Crippen molar-refractivity contribution in [3.63, 3.8) is 0 Å². The van der Waals surface area contributed by atoms with E-state index >= 15 is 0 Å². The number of hydrogen-bond acceptors (Lipinski definition) is 5. The van der Waals surface area contributed by atoms with Gasteiger partial charge in [0.05, 0.1) is 19.4 Å². The van der Waals surface area contributed by atoms with E-state index in [1.165, 1.54) is 25.7 Å². The number of nitrogens with zero attached hydrogens (tertiary/aromatic N) is 7. The van der Waals surface area contributed by atoms with Crippen molar-refractivity contribution in [1.82, 2.24) is 34.1 Å². The van der Waals surface area contributed by atoms with Crippen molar-refractivity contribution in [3.05, 3.63) is 30.4 Å². The first-order chi connectivity index (χ1) is 13.6. The maximum Gasteiger partial charge on any atom is 0.236 e. The van der Waals surface area contributed by atoms with Crippen molar-refractivity contribution in [3.8, 4) is 0 Å². The van der Waals surface area contributed by atoms with Gasteiger partial charge in [0, 0.05) is 44.5 Å². The number of carbonyl (C=O) groups excluding carboxylic acids is 1. The van der Waals surface area contributed by atoms with Crippen LogP contribution in [0.2, 0.25) is 0 Å². The Morgan fingerprint density at radius 2 is 2.04 bits per heavy atom. The van der Waals surface area contributed by atoms with Gasteiger partial charge in [-0.05, 0) is 32.7 Å². The van der Waals surface area contributed by atoms with Gasteiger partial charge in [-0.3, -0.25) is 9.69 Å². The molecule has 1 amide bonds. The summed E-state index contributed by atoms with van der Waals surface area (Å²) < 4.78 is 4.08. The van der Waals surface area contributed by atoms with Gasteiger partial charge < -0.3 is 14.0 Å². The normalized spacial score (nSPS) is 21.0. The number of amides is 1. The zero-order valence-corrected chi connectivity index (χ0v) is 17.0. The summed E-state index contributed by atoms with van der Waals surface area (Å²) in [6.07, 6.45) is 12.6. The van der Waals surface area contributed by atoms with Crippen LogP contribution >= 0.6 is 0 Å². The summed E-state index contributed by atoms with van der Waals surface area (Å²) in [6, 6.07) is 0.578. The third-order valence-electron chi connectivity index (χ3n) is 6.35. The number of carbonyl (C=O) groups is 1. The van der Waals surface area contributed by atoms with E-state index < -0.39 is 0 Å². The quantitative estimate of drug-likeness (QED) is 0.756. The maximum absolute atomic E-state index is 12.9. The molecule has 1 atom stereocenters. The van der Waals surface area contributed by atoms with Crippen molar-refractivity contribution < 1.29 is 4.79 Å². The number of likely N-dealkylation sites (tertiary alicyclic amines) is 1. The average Bonchev–Trinajstić information content (AvgIpc) is 3.46. The fraction of sp³-hybridized carbons (Fsp3) is 0.700. The molecule has 0 aromatic carbocycles. The molecule has 1 unspecified atom stereocenters. The van der Waals surface area contributed by atoms with Gasteiger partial charge in [-0.25, -0.2) is 4.98 Å². The fourth-order valence-electron chi connectivity index (χ4n) is 4.61. The molecule has 152 valence electrons. The Balaban J connectivity index is 1.38. The van der Waals surface area contributed by atoms with E-state index in [-0.39, 0.29) is 11.8 Å². The lowest BCUT2D eigenvalue weighted by Gasteiger charge is -2.34. The average molecular weight is 386 g/mol. The Bertz CT molecular complexity index is 779. The lowest BCUT2D eigenvalue weighted by atomic mass is 9.97. The molecule has 8 heteroatoms. The molecule has 8 nitrogen and oxygen atoms in total. The molecule has 2 aliphatic rings. The molecular weight excluding hydrogens is 354 g/mol. The molecule has 0 radical (unpaired) electrons. The summed E-state index contributed by atoms with van der Waals surface area (Å²) in [5.41, 5.74) is 0. The fourth-order valence-corrected chi connectivity index (χ4v) is 4.61. The van der Waals surface area contributed by atoms with Crippen LogP contribution in [-0.4, -0.2) is 72.7 Å². The Hall–Kier alpha value is -2.22. The third kappa shape index (κ3) is 4.11. The number of aromatic nitrogens is 5. The summed E-state index contributed by atoms with van der Waals surface area (Å²) in [4.78, 5) is 21.2. The van der Waals surface area contributed by atoms with E-state index in [2.05, 4.69) is 31.7 Å². The summed E-state index contributed by atoms with van der Waals surface area (Å²) in [5.74, 6) is 2.40. The van der Waals surface area contributed by atoms with Gasteiger partial charge >= 0.3 is 0 Å². The summed E-state index contributed by atoms with van der Waals surface area (Å²) in [6.45, 7) is 2.79. The van der Waals surface area contributed by atoms with Crippen LogP contribution in [0.15, 0.2) is 18.7 Å². The lowest BCUT2D eigenvalue weighted by molar-refractivity contribution is -0.133. The number of piperidine rings is 1. The Morgan fingerprint density at radius 1 is 1.21 bits per heavy atom. The SMILES string of the molecule is CN(CC(=O)N1CCCC(c2nnc(Cn3ccnc3)n2C)C1)C1CCCC1. The molecule has 0 N–H and O–H groups in total. The third-order valence-corrected chi connectivity index (χ3v) is 6.35. The van der Waals surface area contributed by atoms with Gasteiger partial charge in [0.15, 0.2) is 5.82 Å². The molecule has 28 heavy (non-hydrogen) atoms. The second-order valence-electron chi connectivity index (χ2n) is 8.30.